The van der Waals surface area contributed by atoms with E-state index < -0.39 is 147 Å². The van der Waals surface area contributed by atoms with Gasteiger partial charge in [0.1, 0.15) is 42.2 Å². The molecule has 34 nitrogen and oxygen atoms in total. The zero-order chi connectivity index (χ0) is 82.5. The van der Waals surface area contributed by atoms with Gasteiger partial charge in [-0.2, -0.15) is 38.2 Å². The number of anilines is 1. The lowest BCUT2D eigenvalue weighted by Gasteiger charge is -2.27. The number of carboxylic acids is 4. The fourth-order valence-electron chi connectivity index (χ4n) is 13.0. The standard InChI is InChI=1S/C74H93N7O27S4/c1-73(2)54-45-52(111(100,101)102)23-27-60(54)80(35-8-10-41-109(94,95)96)62(73)29-19-49-15-12-16-50(20-30-63-74(3,4)55-46-53(112(103,104)105)24-28-61(55)81(63)36-9-11-42-110(97,98)99)67(49)108-51-21-17-48(18-22-51)44-59(71(91)92)77-68(86)58(43-47-13-6-5-7-14-47)76-65(83)33-37-106-39-40-107-38-34-75-64(82)31-25-56(69(87)88)78-72(93)79-57(70(89)90)26-32-66(84)85/h5-7,13-14,17-24,27-30,45-46,56-59H,8-12,15-16,25-26,31-44H2,1-4H3,(H12-,75,76,77,78,79,82,83,84,85,86,87,88,89,90,91,92,93,94,95,96,97,98,99,100,101,102,103,104,105)/p+1/t56-,57-,58-,59-/m0/s1. The van der Waals surface area contributed by atoms with Gasteiger partial charge in [-0.05, 0) is 148 Å². The van der Waals surface area contributed by atoms with Crippen LogP contribution in [0.3, 0.4) is 0 Å². The van der Waals surface area contributed by atoms with Crippen molar-refractivity contribution in [2.45, 2.75) is 162 Å². The first-order chi connectivity index (χ1) is 52.5. The Morgan fingerprint density at radius 2 is 1.13 bits per heavy atom. The fraction of sp³-hybridized carbons (Fsp3) is 0.446. The van der Waals surface area contributed by atoms with Crippen molar-refractivity contribution in [2.75, 3.05) is 62.5 Å². The average Bonchev–Trinajstić information content (AvgIpc) is 1.59. The fourth-order valence-corrected chi connectivity index (χ4v) is 15.2. The van der Waals surface area contributed by atoms with Gasteiger partial charge in [0, 0.05) is 86.1 Å². The number of rotatable bonds is 44. The number of carbonyl (C=O) groups is 8. The summed E-state index contributed by atoms with van der Waals surface area (Å²) in [6.45, 7) is 7.70. The number of urea groups is 1. The summed E-state index contributed by atoms with van der Waals surface area (Å²) in [5, 5.41) is 50.0. The van der Waals surface area contributed by atoms with Crippen LogP contribution < -0.4 is 36.2 Å². The number of ether oxygens (including phenoxy) is 3. The zero-order valence-corrected chi connectivity index (χ0v) is 65.2. The summed E-state index contributed by atoms with van der Waals surface area (Å²) in [7, 11) is -17.9. The van der Waals surface area contributed by atoms with Gasteiger partial charge in [0.2, 0.25) is 23.4 Å². The smallest absolute Gasteiger partial charge is 0.326 e. The maximum atomic E-state index is 14.2. The van der Waals surface area contributed by atoms with Crippen LogP contribution in [0.15, 0.2) is 148 Å². The number of amides is 5. The maximum absolute atomic E-state index is 14.2. The molecule has 13 N–H and O–H groups in total. The SMILES string of the molecule is CC1(C)C(/C=C\C2=C(Oc3ccc(C[C@H](NC(=O)[C@H](Cc4ccccc4)NC(=O)CCOCCOCCNC(=O)CC[C@H](NC(=O)N[C@@H](CCC(=O)O)C(=O)O)C(=O)O)C(=O)O)cc3)C(=C/C=C3/N(CCCCS(=O)(=O)O)c4ccc(S(=O)(=O)O)cc4C3(C)C)/CCC2)=[N+](CCCCS(=O)(=O)O)c2ccc(S(=O)(=O)O)cc21. The Morgan fingerprint density at radius 1 is 0.562 bits per heavy atom. The van der Waals surface area contributed by atoms with Crippen LogP contribution in [0.1, 0.15) is 127 Å². The van der Waals surface area contributed by atoms with Gasteiger partial charge in [-0.15, -0.1) is 0 Å². The number of aliphatic carboxylic acids is 4. The Balaban J connectivity index is 1.06. The molecule has 5 amide bonds. The molecule has 112 heavy (non-hydrogen) atoms. The molecule has 3 aliphatic rings. The van der Waals surface area contributed by atoms with E-state index in [0.29, 0.717) is 81.2 Å². The molecule has 0 radical (unpaired) electrons. The molecule has 4 aromatic carbocycles. The molecule has 0 bridgehead atoms. The van der Waals surface area contributed by atoms with Crippen LogP contribution >= 0.6 is 0 Å². The molecule has 4 atom stereocenters. The van der Waals surface area contributed by atoms with Gasteiger partial charge in [-0.25, -0.2) is 19.2 Å². The van der Waals surface area contributed by atoms with E-state index in [4.69, 9.17) is 19.3 Å². The minimum Gasteiger partial charge on any atom is -0.481 e. The quantitative estimate of drug-likeness (QED) is 0.0141. The topological polar surface area (TPSA) is 529 Å². The first kappa shape index (κ1) is 89.4. The van der Waals surface area contributed by atoms with E-state index in [0.717, 1.165) is 0 Å². The minimum absolute atomic E-state index is 0.00517. The summed E-state index contributed by atoms with van der Waals surface area (Å²) >= 11 is 0. The lowest BCUT2D eigenvalue weighted by molar-refractivity contribution is -0.438. The second kappa shape index (κ2) is 39.6. The van der Waals surface area contributed by atoms with Crippen LogP contribution in [0.25, 0.3) is 0 Å². The Kier molecular flexibility index (Phi) is 31.6. The van der Waals surface area contributed by atoms with Gasteiger partial charge >= 0.3 is 29.9 Å². The van der Waals surface area contributed by atoms with Crippen molar-refractivity contribution >= 4 is 105 Å². The zero-order valence-electron chi connectivity index (χ0n) is 61.9. The van der Waals surface area contributed by atoms with Crippen molar-refractivity contribution in [1.29, 1.82) is 0 Å². The normalized spacial score (nSPS) is 16.6. The predicted octanol–water partition coefficient (Wildman–Crippen LogP) is 5.80. The van der Waals surface area contributed by atoms with E-state index in [-0.39, 0.29) is 119 Å². The monoisotopic (exact) mass is 1640 g/mol. The maximum Gasteiger partial charge on any atom is 0.326 e. The highest BCUT2D eigenvalue weighted by molar-refractivity contribution is 7.86. The molecule has 7 rings (SSSR count). The largest absolute Gasteiger partial charge is 0.481 e. The number of unbranched alkanes of at least 4 members (excludes halogenated alkanes) is 2. The summed E-state index contributed by atoms with van der Waals surface area (Å²) < 4.78 is 156. The van der Waals surface area contributed by atoms with Crippen molar-refractivity contribution in [3.8, 4) is 5.75 Å². The number of benzene rings is 4. The van der Waals surface area contributed by atoms with E-state index in [2.05, 4.69) is 21.3 Å². The van der Waals surface area contributed by atoms with Gasteiger partial charge in [-0.3, -0.25) is 37.4 Å². The Hall–Kier alpha value is -9.77. The molecule has 0 aromatic heterocycles. The van der Waals surface area contributed by atoms with Crippen molar-refractivity contribution in [2.24, 2.45) is 0 Å². The van der Waals surface area contributed by atoms with Crippen LogP contribution in [0.2, 0.25) is 0 Å². The van der Waals surface area contributed by atoms with Crippen molar-refractivity contribution < 1.29 is 129 Å². The van der Waals surface area contributed by atoms with Gasteiger partial charge in [-0.1, -0.05) is 62.4 Å². The van der Waals surface area contributed by atoms with Gasteiger partial charge in [0.15, 0.2) is 5.71 Å². The van der Waals surface area contributed by atoms with Gasteiger partial charge in [0.05, 0.1) is 53.1 Å². The highest BCUT2D eigenvalue weighted by Gasteiger charge is 2.46. The second-order valence-corrected chi connectivity index (χ2v) is 33.9. The van der Waals surface area contributed by atoms with E-state index in [1.807, 2.05) is 66.8 Å². The van der Waals surface area contributed by atoms with Crippen LogP contribution in [-0.4, -0.2) is 212 Å². The van der Waals surface area contributed by atoms with Crippen molar-refractivity contribution in [1.82, 2.24) is 26.6 Å². The summed E-state index contributed by atoms with van der Waals surface area (Å²) in [5.41, 5.74) is 4.00. The van der Waals surface area contributed by atoms with E-state index in [9.17, 15) is 106 Å². The molecule has 2 heterocycles. The molecular weight excluding hydrogens is 1550 g/mol. The first-order valence-electron chi connectivity index (χ1n) is 35.7. The highest BCUT2D eigenvalue weighted by Crippen LogP contribution is 2.49. The molecule has 610 valence electrons. The predicted molar refractivity (Wildman–Crippen MR) is 405 cm³/mol. The number of fused-ring (bicyclic) bond motifs is 2. The third kappa shape index (κ3) is 26.7. The lowest BCUT2D eigenvalue weighted by atomic mass is 9.81. The van der Waals surface area contributed by atoms with E-state index in [1.54, 1.807) is 66.7 Å². The number of hydrogen-bond acceptors (Lipinski definition) is 20. The van der Waals surface area contributed by atoms with Crippen LogP contribution in [0, 0.1) is 0 Å². The third-order valence-corrected chi connectivity index (χ3v) is 22.1. The molecule has 0 spiro atoms. The first-order valence-corrected chi connectivity index (χ1v) is 41.8. The highest BCUT2D eigenvalue weighted by atomic mass is 32.2. The molecule has 0 fully saturated rings. The molecular formula is C74H94N7O27S4+. The molecule has 0 unspecified atom stereocenters. The average molecular weight is 1640 g/mol. The third-order valence-electron chi connectivity index (χ3n) is 18.8. The number of nitrogens with zero attached hydrogens (tertiary/aromatic N) is 2. The minimum atomic E-state index is -4.66. The van der Waals surface area contributed by atoms with Crippen LogP contribution in [-0.2, 0) is 107 Å². The molecule has 1 aliphatic carbocycles. The van der Waals surface area contributed by atoms with Crippen LogP contribution in [0.5, 0.6) is 5.75 Å². The summed E-state index contributed by atoms with van der Waals surface area (Å²) in [5.74, 6) is -8.16. The molecule has 2 aliphatic heterocycles. The summed E-state index contributed by atoms with van der Waals surface area (Å²) in [6.07, 6.45) is 7.17. The number of hydrogen-bond donors (Lipinski definition) is 13. The number of carboxylic acid groups (broad SMARTS) is 4. The van der Waals surface area contributed by atoms with Gasteiger partial charge in [0.25, 0.3) is 40.5 Å². The molecule has 4 aromatic rings. The van der Waals surface area contributed by atoms with Crippen molar-refractivity contribution in [3.63, 3.8) is 0 Å². The second-order valence-electron chi connectivity index (χ2n) is 27.9. The molecule has 0 saturated heterocycles. The number of carbonyl (C=O) groups excluding carboxylic acids is 4. The van der Waals surface area contributed by atoms with E-state index in [1.165, 1.54) is 24.3 Å². The number of nitrogens with one attached hydrogen (secondary N) is 5. The Morgan fingerprint density at radius 3 is 1.73 bits per heavy atom. The molecule has 0 saturated carbocycles. The Bertz CT molecular complexity index is 4790. The summed E-state index contributed by atoms with van der Waals surface area (Å²) in [4.78, 5) is 100. The molecule has 38 heteroatoms. The van der Waals surface area contributed by atoms with E-state index >= 15 is 0 Å². The van der Waals surface area contributed by atoms with Gasteiger partial charge < -0.3 is 66.1 Å². The summed E-state index contributed by atoms with van der Waals surface area (Å²) in [6, 6.07) is 16.2. The number of allylic oxidation sites excluding steroid dienone is 7. The Labute approximate surface area is 648 Å². The lowest BCUT2D eigenvalue weighted by Crippen LogP contribution is -2.53. The van der Waals surface area contributed by atoms with Crippen molar-refractivity contribution in [3.05, 3.63) is 160 Å². The van der Waals surface area contributed by atoms with Crippen LogP contribution in [0.4, 0.5) is 16.2 Å².